The van der Waals surface area contributed by atoms with Crippen molar-refractivity contribution < 1.29 is 0 Å². The summed E-state index contributed by atoms with van der Waals surface area (Å²) in [5.41, 5.74) is 0. The van der Waals surface area contributed by atoms with Crippen LogP contribution in [-0.2, 0) is 0 Å². The molecule has 0 spiro atoms. The van der Waals surface area contributed by atoms with Crippen molar-refractivity contribution in [1.82, 2.24) is 0 Å². The van der Waals surface area contributed by atoms with Crippen molar-refractivity contribution in [2.75, 3.05) is 11.8 Å². The third kappa shape index (κ3) is 23.8. The fourth-order valence-corrected chi connectivity index (χ4v) is 0. The second-order valence-electron chi connectivity index (χ2n) is 1.50. The molecule has 0 aliphatic carbocycles. The van der Waals surface area contributed by atoms with Crippen LogP contribution in [0.2, 0.25) is 0 Å². The van der Waals surface area contributed by atoms with Gasteiger partial charge in [-0.1, -0.05) is 116 Å². The van der Waals surface area contributed by atoms with E-state index in [9.17, 15) is 0 Å². The van der Waals surface area contributed by atoms with Gasteiger partial charge in [-0.3, -0.25) is 0 Å². The minimum atomic E-state index is -0.255. The zero-order valence-corrected chi connectivity index (χ0v) is 18.2. The van der Waals surface area contributed by atoms with E-state index in [0.29, 0.717) is 11.8 Å². The van der Waals surface area contributed by atoms with Crippen LogP contribution in [0, 0.1) is 0 Å². The predicted molar refractivity (Wildman–Crippen MR) is 95.7 cm³/mol. The van der Waals surface area contributed by atoms with Crippen molar-refractivity contribution in [3.05, 3.63) is 0 Å². The van der Waals surface area contributed by atoms with Crippen LogP contribution in [-0.4, -0.2) is 13.3 Å². The molecule has 0 rings (SSSR count). The van der Waals surface area contributed by atoms with E-state index >= 15 is 0 Å². The molecule has 0 nitrogen and oxygen atoms in total. The van der Waals surface area contributed by atoms with E-state index in [1.165, 1.54) is 0 Å². The lowest BCUT2D eigenvalue weighted by Gasteiger charge is -2.03. The Labute approximate surface area is 149 Å². The molecule has 0 N–H and O–H groups in total. The molecule has 0 aromatic heterocycles. The van der Waals surface area contributed by atoms with Crippen molar-refractivity contribution in [2.45, 2.75) is 1.58 Å². The van der Waals surface area contributed by atoms with Crippen LogP contribution >= 0.6 is 139 Å². The van der Waals surface area contributed by atoms with Gasteiger partial charge < -0.3 is 0 Å². The standard InChI is InChI=1S/C2H2Br3Cl.C2H2ClI3/c3-2(4,5)1-6;3-1-2(4,5)6/h2*1H2. The Hall–Kier alpha value is 4.21. The number of halogens is 8. The lowest BCUT2D eigenvalue weighted by molar-refractivity contribution is 1.42. The van der Waals surface area contributed by atoms with Crippen molar-refractivity contribution in [3.63, 3.8) is 0 Å². The second kappa shape index (κ2) is 9.26. The van der Waals surface area contributed by atoms with Crippen LogP contribution in [0.3, 0.4) is 0 Å². The first-order chi connectivity index (χ1) is 5.12. The molecule has 0 aliphatic rings. The third-order valence-corrected chi connectivity index (χ3v) is 5.41. The Morgan fingerprint density at radius 3 is 1.08 bits per heavy atom. The monoisotopic (exact) mass is 739 g/mol. The minimum Gasteiger partial charge on any atom is -0.124 e. The SMILES string of the molecule is ClCC(Br)(Br)Br.ClCC(I)(I)I. The molecule has 0 saturated carbocycles. The van der Waals surface area contributed by atoms with Gasteiger partial charge in [-0.2, -0.15) is 0 Å². The molecule has 0 bridgehead atoms. The molecule has 0 atom stereocenters. The summed E-state index contributed by atoms with van der Waals surface area (Å²) in [6, 6.07) is 0. The van der Waals surface area contributed by atoms with E-state index in [4.69, 9.17) is 23.2 Å². The average Bonchev–Trinajstić information content (AvgIpc) is 1.86. The first-order valence-electron chi connectivity index (χ1n) is 2.38. The van der Waals surface area contributed by atoms with Gasteiger partial charge in [-0.25, -0.2) is 0 Å². The molecule has 0 radical (unpaired) electrons. The highest BCUT2D eigenvalue weighted by molar-refractivity contribution is 14.3. The molecule has 0 aromatic rings. The average molecular weight is 743 g/mol. The number of hydrogen-bond donors (Lipinski definition) is 0. The summed E-state index contributed by atoms with van der Waals surface area (Å²) in [4.78, 5) is 0. The summed E-state index contributed by atoms with van der Waals surface area (Å²) in [7, 11) is 0. The van der Waals surface area contributed by atoms with Gasteiger partial charge >= 0.3 is 0 Å². The van der Waals surface area contributed by atoms with Gasteiger partial charge in [-0.15, -0.1) is 23.2 Å². The summed E-state index contributed by atoms with van der Waals surface area (Å²) < 4.78 is -0.0383. The first kappa shape index (κ1) is 18.6. The van der Waals surface area contributed by atoms with Gasteiger partial charge in [0.05, 0.1) is 11.8 Å². The van der Waals surface area contributed by atoms with E-state index in [1.807, 2.05) is 0 Å². The summed E-state index contributed by atoms with van der Waals surface area (Å²) >= 11 is 27.2. The maximum atomic E-state index is 5.46. The maximum absolute atomic E-state index is 5.46. The van der Waals surface area contributed by atoms with Gasteiger partial charge in [0.15, 0.2) is 0 Å². The summed E-state index contributed by atoms with van der Waals surface area (Å²) in [6.07, 6.45) is 0. The molecular formula is C4H4Br3Cl2I3. The Kier molecular flexibility index (Phi) is 14.3. The van der Waals surface area contributed by atoms with Crippen molar-refractivity contribution in [2.24, 2.45) is 0 Å². The zero-order valence-electron chi connectivity index (χ0n) is 5.44. The topological polar surface area (TPSA) is 0 Å². The molecule has 0 unspecified atom stereocenters. The van der Waals surface area contributed by atoms with Gasteiger partial charge in [-0.05, 0) is 0 Å². The Morgan fingerprint density at radius 2 is 1.08 bits per heavy atom. The van der Waals surface area contributed by atoms with E-state index in [0.717, 1.165) is 0 Å². The summed E-state index contributed by atoms with van der Waals surface area (Å²) in [5, 5.41) is 0. The molecule has 8 heteroatoms. The molecule has 0 aliphatic heterocycles. The Bertz CT molecular complexity index is 97.1. The van der Waals surface area contributed by atoms with Crippen LogP contribution in [0.25, 0.3) is 0 Å². The predicted octanol–water partition coefficient (Wildman–Crippen LogP) is 6.25. The molecule has 0 saturated heterocycles. The zero-order chi connectivity index (χ0) is 10.4. The molecular weight excluding hydrogens is 739 g/mol. The quantitative estimate of drug-likeness (QED) is 0.221. The van der Waals surface area contributed by atoms with Crippen LogP contribution < -0.4 is 0 Å². The smallest absolute Gasteiger partial charge is 0.124 e. The van der Waals surface area contributed by atoms with Crippen LogP contribution in [0.1, 0.15) is 0 Å². The van der Waals surface area contributed by atoms with E-state index in [1.54, 1.807) is 0 Å². The van der Waals surface area contributed by atoms with Crippen LogP contribution in [0.4, 0.5) is 0 Å². The lowest BCUT2D eigenvalue weighted by atomic mass is 11.0. The van der Waals surface area contributed by atoms with Gasteiger partial charge in [0.25, 0.3) is 0 Å². The molecule has 76 valence electrons. The largest absolute Gasteiger partial charge is 0.148 e. The first-order valence-corrected chi connectivity index (χ1v) is 9.06. The normalized spacial score (nSPS) is 12.0. The van der Waals surface area contributed by atoms with Crippen LogP contribution in [0.5, 0.6) is 0 Å². The third-order valence-electron chi connectivity index (χ3n) is 0.303. The lowest BCUT2D eigenvalue weighted by Crippen LogP contribution is -1.98. The molecule has 0 aromatic carbocycles. The number of alkyl halides is 8. The highest BCUT2D eigenvalue weighted by Crippen LogP contribution is 2.36. The second-order valence-corrected chi connectivity index (χ2v) is 21.0. The number of rotatable bonds is 1. The molecule has 0 heterocycles. The highest BCUT2D eigenvalue weighted by atomic mass is 127. The Morgan fingerprint density at radius 1 is 0.917 bits per heavy atom. The van der Waals surface area contributed by atoms with Crippen molar-refractivity contribution in [3.8, 4) is 0 Å². The Balaban J connectivity index is 0. The van der Waals surface area contributed by atoms with Crippen molar-refractivity contribution >= 4 is 139 Å². The molecule has 0 amide bonds. The van der Waals surface area contributed by atoms with E-state index in [2.05, 4.69) is 116 Å². The highest BCUT2D eigenvalue weighted by Gasteiger charge is 2.14. The van der Waals surface area contributed by atoms with Crippen molar-refractivity contribution in [1.29, 1.82) is 0 Å². The summed E-state index contributed by atoms with van der Waals surface area (Å²) in [5.74, 6) is 1.20. The fraction of sp³-hybridized carbons (Fsp3) is 1.00. The number of hydrogen-bond acceptors (Lipinski definition) is 0. The van der Waals surface area contributed by atoms with E-state index < -0.39 is 0 Å². The van der Waals surface area contributed by atoms with E-state index in [-0.39, 0.29) is 1.58 Å². The summed E-state index contributed by atoms with van der Waals surface area (Å²) in [6.45, 7) is 0. The molecule has 0 fully saturated rings. The van der Waals surface area contributed by atoms with Gasteiger partial charge in [0, 0.05) is 0 Å². The molecule has 12 heavy (non-hydrogen) atoms. The van der Waals surface area contributed by atoms with Crippen LogP contribution in [0.15, 0.2) is 0 Å². The maximum Gasteiger partial charge on any atom is 0.148 e. The fourth-order valence-electron chi connectivity index (χ4n) is 0. The van der Waals surface area contributed by atoms with Gasteiger partial charge in [0.1, 0.15) is 1.58 Å². The van der Waals surface area contributed by atoms with Gasteiger partial charge in [0.2, 0.25) is 0 Å². The minimum absolute atomic E-state index is 0.217.